The molecule has 24 heavy (non-hydrogen) atoms. The van der Waals surface area contributed by atoms with Gasteiger partial charge in [0.25, 0.3) is 0 Å². The molecule has 128 valence electrons. The number of benzene rings is 1. The van der Waals surface area contributed by atoms with Crippen molar-refractivity contribution < 1.29 is 19.1 Å². The molecule has 2 aromatic rings. The van der Waals surface area contributed by atoms with Crippen LogP contribution in [-0.4, -0.2) is 30.6 Å². The van der Waals surface area contributed by atoms with Gasteiger partial charge in [0.2, 0.25) is 5.91 Å². The summed E-state index contributed by atoms with van der Waals surface area (Å²) in [6, 6.07) is 5.90. The summed E-state index contributed by atoms with van der Waals surface area (Å²) in [6.45, 7) is 5.95. The highest BCUT2D eigenvalue weighted by Crippen LogP contribution is 2.23. The number of amides is 1. The summed E-state index contributed by atoms with van der Waals surface area (Å²) in [5.74, 6) is 0.0973. The molecule has 6 nitrogen and oxygen atoms in total. The Morgan fingerprint density at radius 1 is 1.25 bits per heavy atom. The number of aryl methyl sites for hydroxylation is 3. The first-order valence-electron chi connectivity index (χ1n) is 7.46. The second-order valence-corrected chi connectivity index (χ2v) is 6.34. The Hall–Kier alpha value is -2.41. The summed E-state index contributed by atoms with van der Waals surface area (Å²) in [4.78, 5) is 28.0. The van der Waals surface area contributed by atoms with Gasteiger partial charge < -0.3 is 14.8 Å². The maximum absolute atomic E-state index is 12.0. The van der Waals surface area contributed by atoms with Crippen molar-refractivity contribution in [3.63, 3.8) is 0 Å². The van der Waals surface area contributed by atoms with E-state index in [1.807, 2.05) is 32.0 Å². The van der Waals surface area contributed by atoms with Crippen LogP contribution in [0.25, 0.3) is 0 Å². The van der Waals surface area contributed by atoms with Crippen molar-refractivity contribution in [2.24, 2.45) is 0 Å². The van der Waals surface area contributed by atoms with E-state index in [1.165, 1.54) is 7.11 Å². The fourth-order valence-corrected chi connectivity index (χ4v) is 3.03. The molecule has 0 aliphatic carbocycles. The monoisotopic (exact) mass is 348 g/mol. The van der Waals surface area contributed by atoms with Crippen molar-refractivity contribution in [2.45, 2.75) is 27.2 Å². The van der Waals surface area contributed by atoms with Crippen molar-refractivity contribution in [3.8, 4) is 5.75 Å². The number of nitrogens with zero attached hydrogens (tertiary/aromatic N) is 1. The van der Waals surface area contributed by atoms with Gasteiger partial charge in [-0.05, 0) is 32.4 Å². The molecule has 7 heteroatoms. The van der Waals surface area contributed by atoms with Crippen molar-refractivity contribution in [1.29, 1.82) is 0 Å². The molecule has 0 aliphatic heterocycles. The zero-order chi connectivity index (χ0) is 17.7. The number of rotatable bonds is 6. The van der Waals surface area contributed by atoms with E-state index < -0.39 is 5.97 Å². The highest BCUT2D eigenvalue weighted by atomic mass is 32.1. The summed E-state index contributed by atoms with van der Waals surface area (Å²) in [6.07, 6.45) is 0.194. The van der Waals surface area contributed by atoms with Gasteiger partial charge in [-0.2, -0.15) is 0 Å². The molecule has 1 heterocycles. The van der Waals surface area contributed by atoms with Gasteiger partial charge in [-0.1, -0.05) is 29.0 Å². The fourth-order valence-electron chi connectivity index (χ4n) is 2.13. The van der Waals surface area contributed by atoms with Gasteiger partial charge in [0.05, 0.1) is 25.8 Å². The van der Waals surface area contributed by atoms with E-state index in [0.717, 1.165) is 28.2 Å². The fraction of sp³-hybridized carbons (Fsp3) is 0.353. The Morgan fingerprint density at radius 2 is 2.00 bits per heavy atom. The second kappa shape index (κ2) is 7.92. The standard InChI is InChI=1S/C17H20N2O4S/c1-10-5-6-13(11(2)9-10)23-8-7-14(20)19-17-18-12(3)15(24-17)16(21)22-4/h5-6,9H,7-8H2,1-4H3,(H,18,19,20). The second-order valence-electron chi connectivity index (χ2n) is 5.34. The minimum Gasteiger partial charge on any atom is -0.493 e. The van der Waals surface area contributed by atoms with Crippen LogP contribution in [-0.2, 0) is 9.53 Å². The van der Waals surface area contributed by atoms with Crippen LogP contribution in [0.2, 0.25) is 0 Å². The summed E-state index contributed by atoms with van der Waals surface area (Å²) in [7, 11) is 1.31. The minimum absolute atomic E-state index is 0.194. The third kappa shape index (κ3) is 4.55. The number of hydrogen-bond acceptors (Lipinski definition) is 6. The quantitative estimate of drug-likeness (QED) is 0.811. The maximum Gasteiger partial charge on any atom is 0.350 e. The normalized spacial score (nSPS) is 10.3. The summed E-state index contributed by atoms with van der Waals surface area (Å²) < 4.78 is 10.3. The first kappa shape index (κ1) is 17.9. The molecule has 0 fully saturated rings. The average Bonchev–Trinajstić information content (AvgIpc) is 2.89. The summed E-state index contributed by atoms with van der Waals surface area (Å²) in [5.41, 5.74) is 2.74. The highest BCUT2D eigenvalue weighted by molar-refractivity contribution is 7.17. The molecule has 0 unspecified atom stereocenters. The lowest BCUT2D eigenvalue weighted by Crippen LogP contribution is -2.15. The average molecular weight is 348 g/mol. The molecule has 0 saturated carbocycles. The summed E-state index contributed by atoms with van der Waals surface area (Å²) >= 11 is 1.10. The Morgan fingerprint density at radius 3 is 2.67 bits per heavy atom. The highest BCUT2D eigenvalue weighted by Gasteiger charge is 2.16. The largest absolute Gasteiger partial charge is 0.493 e. The van der Waals surface area contributed by atoms with Crippen molar-refractivity contribution in [2.75, 3.05) is 19.0 Å². The van der Waals surface area contributed by atoms with Crippen molar-refractivity contribution in [1.82, 2.24) is 4.98 Å². The topological polar surface area (TPSA) is 77.5 Å². The number of aromatic nitrogens is 1. The molecular weight excluding hydrogens is 328 g/mol. The van der Waals surface area contributed by atoms with Crippen LogP contribution in [0.4, 0.5) is 5.13 Å². The van der Waals surface area contributed by atoms with Crippen LogP contribution in [0.15, 0.2) is 18.2 Å². The predicted molar refractivity (Wildman–Crippen MR) is 92.8 cm³/mol. The number of carbonyl (C=O) groups excluding carboxylic acids is 2. The van der Waals surface area contributed by atoms with Crippen LogP contribution < -0.4 is 10.1 Å². The zero-order valence-electron chi connectivity index (χ0n) is 14.1. The Bertz CT molecular complexity index is 755. The van der Waals surface area contributed by atoms with Gasteiger partial charge in [0.1, 0.15) is 10.6 Å². The lowest BCUT2D eigenvalue weighted by atomic mass is 10.1. The molecule has 0 bridgehead atoms. The van der Waals surface area contributed by atoms with E-state index in [2.05, 4.69) is 15.0 Å². The SMILES string of the molecule is COC(=O)c1sc(NC(=O)CCOc2ccc(C)cc2C)nc1C. The molecule has 1 aromatic carbocycles. The van der Waals surface area contributed by atoms with Gasteiger partial charge in [-0.25, -0.2) is 9.78 Å². The van der Waals surface area contributed by atoms with Crippen LogP contribution in [0, 0.1) is 20.8 Å². The number of carbonyl (C=O) groups is 2. The molecule has 2 rings (SSSR count). The number of esters is 1. The first-order chi connectivity index (χ1) is 11.4. The first-order valence-corrected chi connectivity index (χ1v) is 8.28. The predicted octanol–water partition coefficient (Wildman–Crippen LogP) is 3.26. The van der Waals surface area contributed by atoms with Crippen LogP contribution in [0.1, 0.15) is 32.9 Å². The van der Waals surface area contributed by atoms with Crippen LogP contribution in [0.5, 0.6) is 5.75 Å². The lowest BCUT2D eigenvalue weighted by Gasteiger charge is -2.09. The van der Waals surface area contributed by atoms with E-state index in [0.29, 0.717) is 15.7 Å². The molecule has 0 spiro atoms. The van der Waals surface area contributed by atoms with Gasteiger partial charge >= 0.3 is 5.97 Å². The lowest BCUT2D eigenvalue weighted by molar-refractivity contribution is -0.116. The third-order valence-electron chi connectivity index (χ3n) is 3.33. The Labute approximate surface area is 144 Å². The van der Waals surface area contributed by atoms with Gasteiger partial charge in [-0.3, -0.25) is 4.79 Å². The maximum atomic E-state index is 12.0. The van der Waals surface area contributed by atoms with Crippen molar-refractivity contribution >= 4 is 28.3 Å². The number of thiazole rings is 1. The molecular formula is C17H20N2O4S. The number of hydrogen-bond donors (Lipinski definition) is 1. The molecule has 1 amide bonds. The van der Waals surface area contributed by atoms with Crippen LogP contribution >= 0.6 is 11.3 Å². The number of methoxy groups -OCH3 is 1. The minimum atomic E-state index is -0.455. The van der Waals surface area contributed by atoms with Gasteiger partial charge in [-0.15, -0.1) is 0 Å². The van der Waals surface area contributed by atoms with Gasteiger partial charge in [0, 0.05) is 0 Å². The zero-order valence-corrected chi connectivity index (χ0v) is 15.0. The Kier molecular flexibility index (Phi) is 5.92. The van der Waals surface area contributed by atoms with E-state index in [-0.39, 0.29) is 18.9 Å². The smallest absolute Gasteiger partial charge is 0.350 e. The van der Waals surface area contributed by atoms with Gasteiger partial charge in [0.15, 0.2) is 5.13 Å². The Balaban J connectivity index is 1.86. The molecule has 0 aliphatic rings. The molecule has 1 aromatic heterocycles. The third-order valence-corrected chi connectivity index (χ3v) is 4.38. The number of nitrogens with one attached hydrogen (secondary N) is 1. The van der Waals surface area contributed by atoms with Crippen molar-refractivity contribution in [3.05, 3.63) is 39.9 Å². The number of ether oxygens (including phenoxy) is 2. The van der Waals surface area contributed by atoms with E-state index in [4.69, 9.17) is 4.74 Å². The van der Waals surface area contributed by atoms with E-state index >= 15 is 0 Å². The van der Waals surface area contributed by atoms with E-state index in [1.54, 1.807) is 6.92 Å². The molecule has 0 saturated heterocycles. The summed E-state index contributed by atoms with van der Waals surface area (Å²) in [5, 5.41) is 3.05. The molecule has 0 radical (unpaired) electrons. The number of anilines is 1. The van der Waals surface area contributed by atoms with E-state index in [9.17, 15) is 9.59 Å². The molecule has 0 atom stereocenters. The molecule has 1 N–H and O–H groups in total. The van der Waals surface area contributed by atoms with Crippen LogP contribution in [0.3, 0.4) is 0 Å².